The molecule has 1 saturated carbocycles. The molecule has 102 valence electrons. The van der Waals surface area contributed by atoms with E-state index in [1.165, 1.54) is 8.61 Å². The molecule has 5 nitrogen and oxygen atoms in total. The van der Waals surface area contributed by atoms with Gasteiger partial charge in [-0.05, 0) is 19.3 Å². The first-order valence-corrected chi connectivity index (χ1v) is 7.77. The molecule has 0 aliphatic heterocycles. The van der Waals surface area contributed by atoms with Crippen molar-refractivity contribution in [1.82, 2.24) is 8.61 Å². The van der Waals surface area contributed by atoms with Gasteiger partial charge in [0.25, 0.3) is 10.2 Å². The van der Waals surface area contributed by atoms with Crippen molar-refractivity contribution in [2.75, 3.05) is 26.7 Å². The van der Waals surface area contributed by atoms with E-state index in [4.69, 9.17) is 5.11 Å². The number of aliphatic hydroxyl groups is 1. The Morgan fingerprint density at radius 3 is 2.35 bits per heavy atom. The summed E-state index contributed by atoms with van der Waals surface area (Å²) in [6.07, 6.45) is 4.76. The highest BCUT2D eigenvalue weighted by atomic mass is 32.2. The van der Waals surface area contributed by atoms with Crippen LogP contribution in [0, 0.1) is 0 Å². The van der Waals surface area contributed by atoms with Crippen LogP contribution in [0.25, 0.3) is 0 Å². The Morgan fingerprint density at radius 1 is 1.29 bits per heavy atom. The molecule has 0 aromatic heterocycles. The molecule has 0 saturated heterocycles. The summed E-state index contributed by atoms with van der Waals surface area (Å²) < 4.78 is 27.5. The molecule has 17 heavy (non-hydrogen) atoms. The average Bonchev–Trinajstić information content (AvgIpc) is 2.22. The maximum absolute atomic E-state index is 12.3. The summed E-state index contributed by atoms with van der Waals surface area (Å²) in [5.74, 6) is 0. The number of hydrogen-bond acceptors (Lipinski definition) is 3. The zero-order valence-corrected chi connectivity index (χ0v) is 11.6. The van der Waals surface area contributed by atoms with Crippen molar-refractivity contribution >= 4 is 10.2 Å². The molecule has 6 heteroatoms. The Hall–Kier alpha value is -0.170. The molecule has 0 atom stereocenters. The highest BCUT2D eigenvalue weighted by Gasteiger charge is 2.35. The summed E-state index contributed by atoms with van der Waals surface area (Å²) in [4.78, 5) is 0. The van der Waals surface area contributed by atoms with Crippen LogP contribution in [0.5, 0.6) is 0 Å². The minimum atomic E-state index is -3.39. The van der Waals surface area contributed by atoms with E-state index in [-0.39, 0.29) is 19.2 Å². The molecular formula is C11H24N2O3S. The molecule has 0 radical (unpaired) electrons. The van der Waals surface area contributed by atoms with Gasteiger partial charge in [0, 0.05) is 26.2 Å². The molecule has 0 unspecified atom stereocenters. The van der Waals surface area contributed by atoms with Crippen LogP contribution < -0.4 is 0 Å². The Balaban J connectivity index is 2.68. The summed E-state index contributed by atoms with van der Waals surface area (Å²) in [5, 5.41) is 9.00. The summed E-state index contributed by atoms with van der Waals surface area (Å²) in [6, 6.07) is 0.0937. The first-order valence-electron chi connectivity index (χ1n) is 6.38. The smallest absolute Gasteiger partial charge is 0.282 e. The lowest BCUT2D eigenvalue weighted by atomic mass is 9.93. The van der Waals surface area contributed by atoms with E-state index in [9.17, 15) is 8.42 Å². The topological polar surface area (TPSA) is 60.9 Å². The molecule has 0 spiro atoms. The number of hydrogen-bond donors (Lipinski definition) is 1. The largest absolute Gasteiger partial charge is 0.395 e. The average molecular weight is 264 g/mol. The molecule has 1 N–H and O–H groups in total. The lowest BCUT2D eigenvalue weighted by Crippen LogP contribution is -2.51. The van der Waals surface area contributed by atoms with Gasteiger partial charge in [-0.1, -0.05) is 19.8 Å². The predicted octanol–water partition coefficient (Wildman–Crippen LogP) is 0.810. The van der Waals surface area contributed by atoms with E-state index >= 15 is 0 Å². The number of nitrogens with zero attached hydrogens (tertiary/aromatic N) is 2. The van der Waals surface area contributed by atoms with Gasteiger partial charge in [-0.3, -0.25) is 0 Å². The van der Waals surface area contributed by atoms with E-state index in [1.54, 1.807) is 7.05 Å². The van der Waals surface area contributed by atoms with E-state index < -0.39 is 10.2 Å². The fourth-order valence-corrected chi connectivity index (χ4v) is 3.55. The standard InChI is InChI=1S/C11H24N2O3S/c1-3-4-8-12(2)17(15,16)13(9-10-14)11-6-5-7-11/h11,14H,3-10H2,1-2H3. The molecule has 0 aromatic rings. The third-order valence-corrected chi connectivity index (χ3v) is 5.36. The molecule has 1 aliphatic carbocycles. The van der Waals surface area contributed by atoms with Gasteiger partial charge in [0.1, 0.15) is 0 Å². The van der Waals surface area contributed by atoms with Crippen molar-refractivity contribution in [3.8, 4) is 0 Å². The van der Waals surface area contributed by atoms with Crippen molar-refractivity contribution in [2.45, 2.75) is 45.1 Å². The van der Waals surface area contributed by atoms with Gasteiger partial charge >= 0.3 is 0 Å². The summed E-state index contributed by atoms with van der Waals surface area (Å²) >= 11 is 0. The van der Waals surface area contributed by atoms with Crippen LogP contribution in [0.15, 0.2) is 0 Å². The Morgan fingerprint density at radius 2 is 1.94 bits per heavy atom. The Labute approximate surface area is 105 Å². The number of rotatable bonds is 8. The van der Waals surface area contributed by atoms with E-state index in [0.717, 1.165) is 32.1 Å². The third-order valence-electron chi connectivity index (χ3n) is 3.32. The predicted molar refractivity (Wildman–Crippen MR) is 67.9 cm³/mol. The van der Waals surface area contributed by atoms with Crippen molar-refractivity contribution in [1.29, 1.82) is 0 Å². The number of aliphatic hydroxyl groups excluding tert-OH is 1. The monoisotopic (exact) mass is 264 g/mol. The van der Waals surface area contributed by atoms with Gasteiger partial charge in [0.2, 0.25) is 0 Å². The van der Waals surface area contributed by atoms with Crippen LogP contribution in [-0.4, -0.2) is 54.9 Å². The van der Waals surface area contributed by atoms with Gasteiger partial charge in [0.05, 0.1) is 6.61 Å². The normalized spacial score (nSPS) is 17.7. The quantitative estimate of drug-likeness (QED) is 0.706. The van der Waals surface area contributed by atoms with E-state index in [0.29, 0.717) is 6.54 Å². The van der Waals surface area contributed by atoms with E-state index in [1.807, 2.05) is 6.92 Å². The van der Waals surface area contributed by atoms with Gasteiger partial charge in [-0.2, -0.15) is 17.0 Å². The SMILES string of the molecule is CCCCN(C)S(=O)(=O)N(CCO)C1CCC1. The van der Waals surface area contributed by atoms with Crippen LogP contribution in [0.2, 0.25) is 0 Å². The molecule has 1 aliphatic rings. The van der Waals surface area contributed by atoms with Gasteiger partial charge in [-0.15, -0.1) is 0 Å². The molecule has 0 aromatic carbocycles. The first-order chi connectivity index (χ1) is 8.04. The van der Waals surface area contributed by atoms with Gasteiger partial charge in [0.15, 0.2) is 0 Å². The molecule has 0 amide bonds. The number of unbranched alkanes of at least 4 members (excludes halogenated alkanes) is 1. The zero-order valence-electron chi connectivity index (χ0n) is 10.8. The minimum absolute atomic E-state index is 0.0937. The van der Waals surface area contributed by atoms with Crippen molar-refractivity contribution in [3.63, 3.8) is 0 Å². The van der Waals surface area contributed by atoms with Crippen LogP contribution in [0.1, 0.15) is 39.0 Å². The maximum atomic E-state index is 12.3. The maximum Gasteiger partial charge on any atom is 0.282 e. The fourth-order valence-electron chi connectivity index (χ4n) is 1.93. The Bertz CT molecular complexity index is 315. The first kappa shape index (κ1) is 14.9. The highest BCUT2D eigenvalue weighted by molar-refractivity contribution is 7.86. The Kier molecular flexibility index (Phi) is 5.85. The zero-order chi connectivity index (χ0) is 12.9. The minimum Gasteiger partial charge on any atom is -0.395 e. The van der Waals surface area contributed by atoms with Crippen LogP contribution in [-0.2, 0) is 10.2 Å². The van der Waals surface area contributed by atoms with Gasteiger partial charge in [-0.25, -0.2) is 0 Å². The van der Waals surface area contributed by atoms with Gasteiger partial charge < -0.3 is 5.11 Å². The molecule has 0 heterocycles. The summed E-state index contributed by atoms with van der Waals surface area (Å²) in [5.41, 5.74) is 0. The molecule has 0 bridgehead atoms. The fraction of sp³-hybridized carbons (Fsp3) is 1.00. The van der Waals surface area contributed by atoms with Crippen molar-refractivity contribution in [2.24, 2.45) is 0 Å². The lowest BCUT2D eigenvalue weighted by molar-refractivity contribution is 0.170. The van der Waals surface area contributed by atoms with Crippen molar-refractivity contribution in [3.05, 3.63) is 0 Å². The highest BCUT2D eigenvalue weighted by Crippen LogP contribution is 2.27. The van der Waals surface area contributed by atoms with Crippen LogP contribution in [0.4, 0.5) is 0 Å². The second kappa shape index (κ2) is 6.68. The summed E-state index contributed by atoms with van der Waals surface area (Å²) in [7, 11) is -1.77. The lowest BCUT2D eigenvalue weighted by Gasteiger charge is -2.38. The van der Waals surface area contributed by atoms with Crippen LogP contribution >= 0.6 is 0 Å². The molecular weight excluding hydrogens is 240 g/mol. The second-order valence-electron chi connectivity index (χ2n) is 4.60. The van der Waals surface area contributed by atoms with Crippen LogP contribution in [0.3, 0.4) is 0 Å². The third kappa shape index (κ3) is 3.64. The molecule has 1 rings (SSSR count). The van der Waals surface area contributed by atoms with Crippen molar-refractivity contribution < 1.29 is 13.5 Å². The molecule has 1 fully saturated rings. The van der Waals surface area contributed by atoms with E-state index in [2.05, 4.69) is 0 Å². The summed E-state index contributed by atoms with van der Waals surface area (Å²) in [6.45, 7) is 2.69. The second-order valence-corrected chi connectivity index (χ2v) is 6.59.